The second-order valence-electron chi connectivity index (χ2n) is 9.64. The molecular formula is C28H27Cl2FN4O3. The van der Waals surface area contributed by atoms with Crippen molar-refractivity contribution in [3.63, 3.8) is 0 Å². The molecular weight excluding hydrogens is 530 g/mol. The van der Waals surface area contributed by atoms with E-state index in [1.807, 2.05) is 0 Å². The number of hydrogen-bond donors (Lipinski definition) is 4. The number of benzene rings is 3. The molecule has 5 atom stereocenters. The lowest BCUT2D eigenvalue weighted by molar-refractivity contribution is -0.122. The summed E-state index contributed by atoms with van der Waals surface area (Å²) in [5.74, 6) is -1.96. The monoisotopic (exact) mass is 556 g/mol. The molecule has 0 radical (unpaired) electrons. The van der Waals surface area contributed by atoms with E-state index >= 15 is 4.39 Å². The maximum absolute atomic E-state index is 15.6. The first-order chi connectivity index (χ1) is 17.7. The van der Waals surface area contributed by atoms with Crippen molar-refractivity contribution >= 4 is 46.5 Å². The van der Waals surface area contributed by atoms with E-state index in [4.69, 9.17) is 33.7 Å². The second kappa shape index (κ2) is 9.54. The molecule has 3 aromatic rings. The van der Waals surface area contributed by atoms with Crippen LogP contribution in [0.2, 0.25) is 10.0 Å². The first-order valence-electron chi connectivity index (χ1n) is 11.8. The molecule has 10 heteroatoms. The molecule has 1 amide bonds. The third-order valence-electron chi connectivity index (χ3n) is 7.77. The summed E-state index contributed by atoms with van der Waals surface area (Å²) in [4.78, 5) is 25.8. The summed E-state index contributed by atoms with van der Waals surface area (Å²) in [6, 6.07) is 14.2. The van der Waals surface area contributed by atoms with E-state index in [1.165, 1.54) is 13.2 Å². The Hall–Kier alpha value is -3.17. The highest BCUT2D eigenvalue weighted by atomic mass is 35.5. The van der Waals surface area contributed by atoms with Crippen LogP contribution in [0.15, 0.2) is 54.6 Å². The lowest BCUT2D eigenvalue weighted by Gasteiger charge is -2.34. The van der Waals surface area contributed by atoms with Crippen LogP contribution in [0.1, 0.15) is 52.9 Å². The molecule has 0 bridgehead atoms. The molecule has 7 nitrogen and oxygen atoms in total. The average Bonchev–Trinajstić information content (AvgIpc) is 3.50. The lowest BCUT2D eigenvalue weighted by atomic mass is 9.74. The number of nitrogens with one attached hydrogen (secondary N) is 3. The number of esters is 1. The van der Waals surface area contributed by atoms with Crippen molar-refractivity contribution in [2.45, 2.75) is 43.4 Å². The maximum Gasteiger partial charge on any atom is 0.337 e. The highest BCUT2D eigenvalue weighted by Crippen LogP contribution is 2.55. The van der Waals surface area contributed by atoms with Crippen LogP contribution in [0.25, 0.3) is 0 Å². The molecule has 3 heterocycles. The van der Waals surface area contributed by atoms with E-state index < -0.39 is 23.2 Å². The molecule has 0 saturated carbocycles. The summed E-state index contributed by atoms with van der Waals surface area (Å²) in [5.41, 5.74) is 8.32. The predicted molar refractivity (Wildman–Crippen MR) is 146 cm³/mol. The Morgan fingerprint density at radius 3 is 2.68 bits per heavy atom. The molecule has 38 heavy (non-hydrogen) atoms. The molecule has 2 fully saturated rings. The smallest absolute Gasteiger partial charge is 0.337 e. The van der Waals surface area contributed by atoms with Crippen LogP contribution in [0, 0.1) is 5.82 Å². The largest absolute Gasteiger partial charge is 0.465 e. The van der Waals surface area contributed by atoms with Gasteiger partial charge in [0.25, 0.3) is 0 Å². The summed E-state index contributed by atoms with van der Waals surface area (Å²) in [5, 5.41) is 10.5. The Balaban J connectivity index is 0.00000294. The zero-order valence-electron chi connectivity index (χ0n) is 19.6. The number of ether oxygens (including phenoxy) is 1. The summed E-state index contributed by atoms with van der Waals surface area (Å²) in [7, 11) is 1.32. The number of anilines is 2. The van der Waals surface area contributed by atoms with Crippen LogP contribution in [-0.4, -0.2) is 31.1 Å². The van der Waals surface area contributed by atoms with Crippen LogP contribution < -0.4 is 21.7 Å². The van der Waals surface area contributed by atoms with Gasteiger partial charge in [-0.3, -0.25) is 10.1 Å². The van der Waals surface area contributed by atoms with Crippen molar-refractivity contribution in [2.24, 2.45) is 0 Å². The van der Waals surface area contributed by atoms with Gasteiger partial charge >= 0.3 is 5.97 Å². The van der Waals surface area contributed by atoms with Crippen LogP contribution in [-0.2, 0) is 15.1 Å². The molecule has 6 rings (SSSR count). The molecule has 2 saturated heterocycles. The number of fused-ring (bicyclic) bond motifs is 3. The van der Waals surface area contributed by atoms with Crippen molar-refractivity contribution in [3.8, 4) is 0 Å². The van der Waals surface area contributed by atoms with E-state index in [0.717, 1.165) is 5.56 Å². The molecule has 198 valence electrons. The molecule has 3 aliphatic rings. The van der Waals surface area contributed by atoms with E-state index in [1.54, 1.807) is 48.5 Å². The number of nitrogen functional groups attached to an aromatic ring is 1. The minimum atomic E-state index is -1.24. The molecule has 0 aromatic heterocycles. The Morgan fingerprint density at radius 2 is 1.92 bits per heavy atom. The third-order valence-corrected chi connectivity index (χ3v) is 8.30. The van der Waals surface area contributed by atoms with Gasteiger partial charge in [0, 0.05) is 46.0 Å². The summed E-state index contributed by atoms with van der Waals surface area (Å²) in [6.45, 7) is 0. The fourth-order valence-electron chi connectivity index (χ4n) is 6.23. The number of nitrogens with two attached hydrogens (primary N) is 1. The summed E-state index contributed by atoms with van der Waals surface area (Å²) >= 11 is 12.4. The topological polar surface area (TPSA) is 105 Å². The standard InChI is InChI=1S/C27H23Cl2FN4O3.CH4/c1-37-25(35)12-5-8-18(31)15(9-12)19-11-21-24(32-19)22(14-3-2-4-17(29)23(14)30)27(34-21)16-7-6-13(28)10-20(16)33-26(27)36;/h2-10,19,21-22,24,32,34H,11,31H2,1H3,(H,33,36);1H4/t19?,21-,22-,24+,27+;/m0./s1. The summed E-state index contributed by atoms with van der Waals surface area (Å²) < 4.78 is 20.4. The van der Waals surface area contributed by atoms with E-state index in [2.05, 4.69) is 16.0 Å². The van der Waals surface area contributed by atoms with Crippen molar-refractivity contribution in [3.05, 3.63) is 92.7 Å². The first-order valence-corrected chi connectivity index (χ1v) is 12.6. The van der Waals surface area contributed by atoms with E-state index in [9.17, 15) is 9.59 Å². The number of methoxy groups -OCH3 is 1. The molecule has 3 aromatic carbocycles. The number of rotatable bonds is 3. The van der Waals surface area contributed by atoms with Crippen molar-refractivity contribution < 1.29 is 18.7 Å². The Morgan fingerprint density at radius 1 is 1.13 bits per heavy atom. The lowest BCUT2D eigenvalue weighted by Crippen LogP contribution is -2.50. The number of amides is 1. The number of hydrogen-bond acceptors (Lipinski definition) is 6. The van der Waals surface area contributed by atoms with Gasteiger partial charge in [-0.25, -0.2) is 9.18 Å². The normalized spacial score (nSPS) is 27.0. The maximum atomic E-state index is 15.6. The average molecular weight is 557 g/mol. The highest BCUT2D eigenvalue weighted by Gasteiger charge is 2.64. The second-order valence-corrected chi connectivity index (χ2v) is 10.5. The SMILES string of the molecule is C.COC(=O)c1ccc(N)c(C2C[C@@H]3N[C@@]4(C(=O)Nc5cc(Cl)ccc54)[C@@H](c4cccc(Cl)c4F)[C@@H]3N2)c1. The quantitative estimate of drug-likeness (QED) is 0.263. The Kier molecular flexibility index (Phi) is 6.64. The number of halogens is 3. The zero-order valence-corrected chi connectivity index (χ0v) is 21.2. The molecule has 5 N–H and O–H groups in total. The molecule has 0 aliphatic carbocycles. The fourth-order valence-corrected chi connectivity index (χ4v) is 6.58. The van der Waals surface area contributed by atoms with Gasteiger partial charge in [0.1, 0.15) is 11.4 Å². The Labute approximate surface area is 229 Å². The van der Waals surface area contributed by atoms with Crippen molar-refractivity contribution in [2.75, 3.05) is 18.2 Å². The van der Waals surface area contributed by atoms with Gasteiger partial charge in [0.2, 0.25) is 5.91 Å². The van der Waals surface area contributed by atoms with Crippen LogP contribution in [0.3, 0.4) is 0 Å². The molecule has 1 unspecified atom stereocenters. The van der Waals surface area contributed by atoms with Gasteiger partial charge in [-0.15, -0.1) is 0 Å². The summed E-state index contributed by atoms with van der Waals surface area (Å²) in [6.07, 6.45) is 0.552. The van der Waals surface area contributed by atoms with Crippen LogP contribution >= 0.6 is 23.2 Å². The van der Waals surface area contributed by atoms with Gasteiger partial charge in [-0.1, -0.05) is 48.8 Å². The molecule has 1 spiro atoms. The van der Waals surface area contributed by atoms with Gasteiger partial charge in [-0.2, -0.15) is 0 Å². The third kappa shape index (κ3) is 3.78. The minimum Gasteiger partial charge on any atom is -0.465 e. The highest BCUT2D eigenvalue weighted by molar-refractivity contribution is 6.31. The predicted octanol–water partition coefficient (Wildman–Crippen LogP) is 5.14. The van der Waals surface area contributed by atoms with E-state index in [-0.39, 0.29) is 36.5 Å². The van der Waals surface area contributed by atoms with Crippen LogP contribution in [0.4, 0.5) is 15.8 Å². The van der Waals surface area contributed by atoms with Gasteiger partial charge in [0.05, 0.1) is 17.7 Å². The fraction of sp³-hybridized carbons (Fsp3) is 0.286. The minimum absolute atomic E-state index is 0. The van der Waals surface area contributed by atoms with Gasteiger partial charge in [0.15, 0.2) is 0 Å². The number of carbonyl (C=O) groups is 2. The Bertz CT molecular complexity index is 1470. The zero-order chi connectivity index (χ0) is 26.1. The van der Waals surface area contributed by atoms with Crippen LogP contribution in [0.5, 0.6) is 0 Å². The van der Waals surface area contributed by atoms with E-state index in [0.29, 0.717) is 39.5 Å². The van der Waals surface area contributed by atoms with Gasteiger partial charge < -0.3 is 21.1 Å². The van der Waals surface area contributed by atoms with Crippen molar-refractivity contribution in [1.82, 2.24) is 10.6 Å². The molecule has 3 aliphatic heterocycles. The first kappa shape index (κ1) is 26.4. The van der Waals surface area contributed by atoms with Crippen molar-refractivity contribution in [1.29, 1.82) is 0 Å². The van der Waals surface area contributed by atoms with Gasteiger partial charge in [-0.05, 0) is 53.9 Å². The number of carbonyl (C=O) groups excluding carboxylic acids is 2.